The van der Waals surface area contributed by atoms with E-state index in [0.717, 1.165) is 5.56 Å². The Morgan fingerprint density at radius 1 is 1.36 bits per heavy atom. The van der Waals surface area contributed by atoms with E-state index in [9.17, 15) is 4.39 Å². The molecule has 14 heavy (non-hydrogen) atoms. The topological polar surface area (TPSA) is 0 Å². The first-order valence-electron chi connectivity index (χ1n) is 4.37. The second-order valence-electron chi connectivity index (χ2n) is 3.69. The summed E-state index contributed by atoms with van der Waals surface area (Å²) in [4.78, 5) is -0.539. The van der Waals surface area contributed by atoms with Gasteiger partial charge < -0.3 is 0 Å². The van der Waals surface area contributed by atoms with Crippen molar-refractivity contribution in [1.29, 1.82) is 0 Å². The van der Waals surface area contributed by atoms with Crippen molar-refractivity contribution in [3.63, 3.8) is 0 Å². The van der Waals surface area contributed by atoms with Gasteiger partial charge in [-0.3, -0.25) is 0 Å². The van der Waals surface area contributed by atoms with Gasteiger partial charge in [-0.25, -0.2) is 4.39 Å². The quantitative estimate of drug-likeness (QED) is 0.454. The van der Waals surface area contributed by atoms with E-state index in [1.807, 2.05) is 13.8 Å². The smallest absolute Gasteiger partial charge is 0.126 e. The lowest BCUT2D eigenvalue weighted by atomic mass is 10.1. The van der Waals surface area contributed by atoms with Gasteiger partial charge in [-0.05, 0) is 44.5 Å². The molecule has 0 unspecified atom stereocenters. The molecule has 1 rings (SSSR count). The van der Waals surface area contributed by atoms with Gasteiger partial charge in [0, 0.05) is 5.56 Å². The Hall–Kier alpha value is -1.00. The lowest BCUT2D eigenvalue weighted by Crippen LogP contribution is -2.04. The van der Waals surface area contributed by atoms with Crippen molar-refractivity contribution >= 4 is 11.6 Å². The monoisotopic (exact) mass is 210 g/mol. The Labute approximate surface area is 89.1 Å². The first-order chi connectivity index (χ1) is 6.38. The minimum absolute atomic E-state index is 0.208. The highest BCUT2D eigenvalue weighted by Gasteiger charge is 2.06. The van der Waals surface area contributed by atoms with Crippen molar-refractivity contribution < 1.29 is 4.39 Å². The zero-order valence-corrected chi connectivity index (χ0v) is 9.24. The molecule has 0 heterocycles. The molecule has 74 valence electrons. The molecule has 0 amide bonds. The van der Waals surface area contributed by atoms with Crippen LogP contribution in [0.3, 0.4) is 0 Å². The van der Waals surface area contributed by atoms with E-state index in [4.69, 9.17) is 11.6 Å². The fourth-order valence-electron chi connectivity index (χ4n) is 0.943. The Morgan fingerprint density at radius 3 is 2.50 bits per heavy atom. The second kappa shape index (κ2) is 4.02. The van der Waals surface area contributed by atoms with Gasteiger partial charge in [0.15, 0.2) is 0 Å². The van der Waals surface area contributed by atoms with Crippen molar-refractivity contribution in [2.24, 2.45) is 0 Å². The van der Waals surface area contributed by atoms with Gasteiger partial charge in [0.1, 0.15) is 5.82 Å². The van der Waals surface area contributed by atoms with Gasteiger partial charge in [-0.1, -0.05) is 11.8 Å². The fraction of sp³-hybridized carbons (Fsp3) is 0.333. The third-order valence-corrected chi connectivity index (χ3v) is 1.76. The number of halogens is 2. The molecular weight excluding hydrogens is 199 g/mol. The molecule has 0 saturated carbocycles. The largest absolute Gasteiger partial charge is 0.207 e. The summed E-state index contributed by atoms with van der Waals surface area (Å²) in [6, 6.07) is 4.78. The molecule has 0 spiro atoms. The van der Waals surface area contributed by atoms with Crippen LogP contribution in [0.2, 0.25) is 0 Å². The summed E-state index contributed by atoms with van der Waals surface area (Å²) in [6.07, 6.45) is 0. The summed E-state index contributed by atoms with van der Waals surface area (Å²) in [6.45, 7) is 5.35. The van der Waals surface area contributed by atoms with E-state index in [1.165, 1.54) is 6.07 Å². The molecule has 0 atom stereocenters. The van der Waals surface area contributed by atoms with Crippen LogP contribution in [0.1, 0.15) is 25.0 Å². The molecule has 0 nitrogen and oxygen atoms in total. The Morgan fingerprint density at radius 2 is 2.00 bits per heavy atom. The van der Waals surface area contributed by atoms with Crippen LogP contribution in [0.15, 0.2) is 18.2 Å². The molecular formula is C12H12ClF. The van der Waals surface area contributed by atoms with Crippen LogP contribution in [0.5, 0.6) is 0 Å². The van der Waals surface area contributed by atoms with Crippen LogP contribution < -0.4 is 0 Å². The number of rotatable bonds is 0. The van der Waals surface area contributed by atoms with E-state index in [1.54, 1.807) is 19.1 Å². The van der Waals surface area contributed by atoms with Crippen molar-refractivity contribution in [1.82, 2.24) is 0 Å². The summed E-state index contributed by atoms with van der Waals surface area (Å²) >= 11 is 5.91. The third-order valence-electron chi connectivity index (χ3n) is 1.66. The number of hydrogen-bond acceptors (Lipinski definition) is 0. The van der Waals surface area contributed by atoms with Gasteiger partial charge in [0.05, 0.1) is 4.87 Å². The molecule has 0 aliphatic heterocycles. The lowest BCUT2D eigenvalue weighted by Gasteiger charge is -2.03. The Balaban J connectivity index is 2.98. The summed E-state index contributed by atoms with van der Waals surface area (Å²) < 4.78 is 12.9. The SMILES string of the molecule is Cc1cc(C#CC(C)(C)Cl)ccc1F. The first-order valence-corrected chi connectivity index (χ1v) is 4.74. The molecule has 0 aromatic heterocycles. The van der Waals surface area contributed by atoms with E-state index < -0.39 is 4.87 Å². The van der Waals surface area contributed by atoms with Gasteiger partial charge in [-0.15, -0.1) is 11.6 Å². The van der Waals surface area contributed by atoms with Crippen LogP contribution in [0.25, 0.3) is 0 Å². The first kappa shape index (κ1) is 11.1. The molecule has 1 aromatic carbocycles. The van der Waals surface area contributed by atoms with Crippen molar-refractivity contribution in [2.45, 2.75) is 25.6 Å². The normalized spacial score (nSPS) is 10.6. The number of aryl methyl sites for hydroxylation is 1. The molecule has 1 aromatic rings. The van der Waals surface area contributed by atoms with E-state index >= 15 is 0 Å². The van der Waals surface area contributed by atoms with E-state index in [0.29, 0.717) is 5.56 Å². The van der Waals surface area contributed by atoms with Crippen LogP contribution in [-0.4, -0.2) is 4.87 Å². The molecule has 0 bridgehead atoms. The van der Waals surface area contributed by atoms with Gasteiger partial charge in [0.25, 0.3) is 0 Å². The van der Waals surface area contributed by atoms with Crippen molar-refractivity contribution in [3.8, 4) is 11.8 Å². The van der Waals surface area contributed by atoms with E-state index in [-0.39, 0.29) is 5.82 Å². The van der Waals surface area contributed by atoms with Crippen molar-refractivity contribution in [3.05, 3.63) is 35.1 Å². The Kier molecular flexibility index (Phi) is 3.18. The molecule has 2 heteroatoms. The maximum Gasteiger partial charge on any atom is 0.126 e. The Bertz CT molecular complexity index is 391. The molecule has 0 fully saturated rings. The average molecular weight is 211 g/mol. The van der Waals surface area contributed by atoms with E-state index in [2.05, 4.69) is 11.8 Å². The minimum Gasteiger partial charge on any atom is -0.207 e. The zero-order valence-electron chi connectivity index (χ0n) is 8.49. The van der Waals surface area contributed by atoms with Crippen LogP contribution >= 0.6 is 11.6 Å². The van der Waals surface area contributed by atoms with Crippen LogP contribution in [-0.2, 0) is 0 Å². The van der Waals surface area contributed by atoms with Gasteiger partial charge >= 0.3 is 0 Å². The summed E-state index contributed by atoms with van der Waals surface area (Å²) in [5.41, 5.74) is 1.39. The fourth-order valence-corrected chi connectivity index (χ4v) is 0.990. The average Bonchev–Trinajstić information content (AvgIpc) is 2.06. The molecule has 0 aliphatic rings. The van der Waals surface area contributed by atoms with Crippen molar-refractivity contribution in [2.75, 3.05) is 0 Å². The highest BCUT2D eigenvalue weighted by atomic mass is 35.5. The maximum absolute atomic E-state index is 12.9. The standard InChI is InChI=1S/C12H12ClF/c1-9-8-10(4-5-11(9)14)6-7-12(2,3)13/h4-5,8H,1-3H3. The number of benzene rings is 1. The predicted molar refractivity (Wildman–Crippen MR) is 57.9 cm³/mol. The molecule has 0 aliphatic carbocycles. The molecule has 0 radical (unpaired) electrons. The van der Waals surface area contributed by atoms with Gasteiger partial charge in [0.2, 0.25) is 0 Å². The molecule has 0 N–H and O–H groups in total. The number of alkyl halides is 1. The van der Waals surface area contributed by atoms with Gasteiger partial charge in [-0.2, -0.15) is 0 Å². The van der Waals surface area contributed by atoms with Crippen LogP contribution in [0, 0.1) is 24.6 Å². The lowest BCUT2D eigenvalue weighted by molar-refractivity contribution is 0.618. The summed E-state index contributed by atoms with van der Waals surface area (Å²) in [5.74, 6) is 5.57. The highest BCUT2D eigenvalue weighted by molar-refractivity contribution is 6.25. The molecule has 0 saturated heterocycles. The van der Waals surface area contributed by atoms with Crippen LogP contribution in [0.4, 0.5) is 4.39 Å². The predicted octanol–water partition coefficient (Wildman–Crippen LogP) is 3.50. The number of hydrogen-bond donors (Lipinski definition) is 0. The third kappa shape index (κ3) is 3.40. The minimum atomic E-state index is -0.539. The zero-order chi connectivity index (χ0) is 10.8. The highest BCUT2D eigenvalue weighted by Crippen LogP contribution is 2.12. The summed E-state index contributed by atoms with van der Waals surface area (Å²) in [7, 11) is 0. The second-order valence-corrected chi connectivity index (χ2v) is 4.63. The summed E-state index contributed by atoms with van der Waals surface area (Å²) in [5, 5.41) is 0. The maximum atomic E-state index is 12.9.